The van der Waals surface area contributed by atoms with Crippen LogP contribution in [0, 0.1) is 0 Å². The van der Waals surface area contributed by atoms with Gasteiger partial charge in [0.2, 0.25) is 0 Å². The molecule has 3 rings (SSSR count). The van der Waals surface area contributed by atoms with Gasteiger partial charge in [-0.25, -0.2) is 0 Å². The Morgan fingerprint density at radius 2 is 1.94 bits per heavy atom. The van der Waals surface area contributed by atoms with Gasteiger partial charge in [-0.2, -0.15) is 0 Å². The van der Waals surface area contributed by atoms with Crippen molar-refractivity contribution in [3.8, 4) is 11.3 Å². The maximum absolute atomic E-state index is 4.28. The predicted octanol–water partition coefficient (Wildman–Crippen LogP) is 3.06. The van der Waals surface area contributed by atoms with Crippen LogP contribution in [-0.4, -0.2) is 16.7 Å². The van der Waals surface area contributed by atoms with Gasteiger partial charge in [-0.1, -0.05) is 12.1 Å². The van der Waals surface area contributed by atoms with Crippen LogP contribution in [0.3, 0.4) is 0 Å². The third kappa shape index (κ3) is 2.08. The van der Waals surface area contributed by atoms with E-state index in [1.807, 2.05) is 12.1 Å². The first-order valence-electron chi connectivity index (χ1n) is 6.56. The molecule has 2 aromatic rings. The van der Waals surface area contributed by atoms with Crippen molar-refractivity contribution >= 4 is 5.82 Å². The molecule has 0 amide bonds. The van der Waals surface area contributed by atoms with E-state index in [1.165, 1.54) is 36.0 Å². The van der Waals surface area contributed by atoms with E-state index in [0.29, 0.717) is 0 Å². The third-order valence-electron chi connectivity index (χ3n) is 3.42. The maximum Gasteiger partial charge on any atom is 0.148 e. The number of fused-ring (bicyclic) bond motifs is 1. The minimum absolute atomic E-state index is 0.836. The standard InChI is InChI=1S/C15H17N3/c1-2-16-15-9-8-14(17-18-15)13-7-6-11-4-3-5-12(11)10-13/h6-10H,2-5H2,1H3,(H,16,18). The highest BCUT2D eigenvalue weighted by Crippen LogP contribution is 2.27. The van der Waals surface area contributed by atoms with Crippen LogP contribution in [0.5, 0.6) is 0 Å². The number of hydrogen-bond acceptors (Lipinski definition) is 3. The van der Waals surface area contributed by atoms with E-state index >= 15 is 0 Å². The van der Waals surface area contributed by atoms with Gasteiger partial charge < -0.3 is 5.32 Å². The molecule has 3 heteroatoms. The van der Waals surface area contributed by atoms with Crippen LogP contribution in [0.4, 0.5) is 5.82 Å². The van der Waals surface area contributed by atoms with Gasteiger partial charge >= 0.3 is 0 Å². The number of hydrogen-bond donors (Lipinski definition) is 1. The fourth-order valence-corrected chi connectivity index (χ4v) is 2.49. The van der Waals surface area contributed by atoms with Crippen molar-refractivity contribution in [2.24, 2.45) is 0 Å². The molecule has 0 fully saturated rings. The lowest BCUT2D eigenvalue weighted by molar-refractivity contribution is 0.912. The average Bonchev–Trinajstić information content (AvgIpc) is 2.87. The summed E-state index contributed by atoms with van der Waals surface area (Å²) in [5, 5.41) is 11.6. The molecule has 3 nitrogen and oxygen atoms in total. The van der Waals surface area contributed by atoms with Crippen molar-refractivity contribution in [2.75, 3.05) is 11.9 Å². The lowest BCUT2D eigenvalue weighted by Crippen LogP contribution is -2.00. The molecule has 0 aliphatic heterocycles. The molecule has 1 aromatic heterocycles. The highest BCUT2D eigenvalue weighted by Gasteiger charge is 2.11. The third-order valence-corrected chi connectivity index (χ3v) is 3.42. The fourth-order valence-electron chi connectivity index (χ4n) is 2.49. The van der Waals surface area contributed by atoms with Crippen LogP contribution >= 0.6 is 0 Å². The minimum Gasteiger partial charge on any atom is -0.369 e. The lowest BCUT2D eigenvalue weighted by atomic mass is 10.0. The molecule has 0 unspecified atom stereocenters. The first-order chi connectivity index (χ1) is 8.86. The Kier molecular flexibility index (Phi) is 2.97. The summed E-state index contributed by atoms with van der Waals surface area (Å²) in [7, 11) is 0. The molecule has 92 valence electrons. The normalized spacial score (nSPS) is 13.4. The summed E-state index contributed by atoms with van der Waals surface area (Å²) >= 11 is 0. The summed E-state index contributed by atoms with van der Waals surface area (Å²) < 4.78 is 0. The van der Waals surface area contributed by atoms with E-state index in [4.69, 9.17) is 0 Å². The number of anilines is 1. The number of aromatic nitrogens is 2. The molecule has 1 aromatic carbocycles. The molecule has 1 N–H and O–H groups in total. The van der Waals surface area contributed by atoms with Gasteiger partial charge in [0, 0.05) is 12.1 Å². The van der Waals surface area contributed by atoms with Gasteiger partial charge in [0.05, 0.1) is 5.69 Å². The molecule has 1 heterocycles. The second-order valence-electron chi connectivity index (χ2n) is 4.67. The van der Waals surface area contributed by atoms with Crippen molar-refractivity contribution in [1.82, 2.24) is 10.2 Å². The number of aryl methyl sites for hydroxylation is 2. The average molecular weight is 239 g/mol. The highest BCUT2D eigenvalue weighted by atomic mass is 15.2. The van der Waals surface area contributed by atoms with Crippen LogP contribution in [0.2, 0.25) is 0 Å². The molecule has 0 saturated carbocycles. The SMILES string of the molecule is CCNc1ccc(-c2ccc3c(c2)CCC3)nn1. The largest absolute Gasteiger partial charge is 0.369 e. The summed E-state index contributed by atoms with van der Waals surface area (Å²) in [6.45, 7) is 2.92. The fraction of sp³-hybridized carbons (Fsp3) is 0.333. The van der Waals surface area contributed by atoms with Gasteiger partial charge in [0.15, 0.2) is 0 Å². The zero-order valence-corrected chi connectivity index (χ0v) is 10.6. The van der Waals surface area contributed by atoms with E-state index in [0.717, 1.165) is 18.1 Å². The molecule has 0 bridgehead atoms. The smallest absolute Gasteiger partial charge is 0.148 e. The number of nitrogens with zero attached hydrogens (tertiary/aromatic N) is 2. The number of rotatable bonds is 3. The molecule has 1 aliphatic rings. The Bertz CT molecular complexity index is 546. The Balaban J connectivity index is 1.90. The summed E-state index contributed by atoms with van der Waals surface area (Å²) in [6.07, 6.45) is 3.70. The predicted molar refractivity (Wildman–Crippen MR) is 73.7 cm³/mol. The van der Waals surface area contributed by atoms with Crippen molar-refractivity contribution in [3.05, 3.63) is 41.5 Å². The Labute approximate surface area is 107 Å². The summed E-state index contributed by atoms with van der Waals surface area (Å²) in [4.78, 5) is 0. The van der Waals surface area contributed by atoms with Gasteiger partial charge in [-0.15, -0.1) is 10.2 Å². The molecular weight excluding hydrogens is 222 g/mol. The molecule has 18 heavy (non-hydrogen) atoms. The first kappa shape index (κ1) is 11.2. The monoisotopic (exact) mass is 239 g/mol. The summed E-state index contributed by atoms with van der Waals surface area (Å²) in [5.41, 5.74) is 5.10. The Morgan fingerprint density at radius 3 is 2.72 bits per heavy atom. The second kappa shape index (κ2) is 4.77. The number of nitrogens with one attached hydrogen (secondary N) is 1. The molecular formula is C15H17N3. The van der Waals surface area contributed by atoms with Crippen LogP contribution in [0.1, 0.15) is 24.5 Å². The Morgan fingerprint density at radius 1 is 1.06 bits per heavy atom. The Hall–Kier alpha value is -1.90. The van der Waals surface area contributed by atoms with Crippen LogP contribution in [-0.2, 0) is 12.8 Å². The maximum atomic E-state index is 4.28. The zero-order valence-electron chi connectivity index (χ0n) is 10.6. The van der Waals surface area contributed by atoms with Crippen LogP contribution < -0.4 is 5.32 Å². The van der Waals surface area contributed by atoms with E-state index in [2.05, 4.69) is 40.6 Å². The van der Waals surface area contributed by atoms with Gasteiger partial charge in [-0.05, 0) is 55.5 Å². The van der Waals surface area contributed by atoms with E-state index in [9.17, 15) is 0 Å². The quantitative estimate of drug-likeness (QED) is 0.894. The molecule has 0 radical (unpaired) electrons. The zero-order chi connectivity index (χ0) is 12.4. The molecule has 0 atom stereocenters. The summed E-state index contributed by atoms with van der Waals surface area (Å²) in [6, 6.07) is 10.7. The van der Waals surface area contributed by atoms with Gasteiger partial charge in [0.1, 0.15) is 5.82 Å². The van der Waals surface area contributed by atoms with Crippen LogP contribution in [0.15, 0.2) is 30.3 Å². The van der Waals surface area contributed by atoms with Crippen molar-refractivity contribution in [3.63, 3.8) is 0 Å². The second-order valence-corrected chi connectivity index (χ2v) is 4.67. The lowest BCUT2D eigenvalue weighted by Gasteiger charge is -2.05. The summed E-state index contributed by atoms with van der Waals surface area (Å²) in [5.74, 6) is 0.836. The van der Waals surface area contributed by atoms with Crippen molar-refractivity contribution < 1.29 is 0 Å². The molecule has 0 saturated heterocycles. The number of benzene rings is 1. The van der Waals surface area contributed by atoms with Crippen LogP contribution in [0.25, 0.3) is 11.3 Å². The minimum atomic E-state index is 0.836. The van der Waals surface area contributed by atoms with E-state index < -0.39 is 0 Å². The van der Waals surface area contributed by atoms with Gasteiger partial charge in [-0.3, -0.25) is 0 Å². The van der Waals surface area contributed by atoms with Gasteiger partial charge in [0.25, 0.3) is 0 Å². The topological polar surface area (TPSA) is 37.8 Å². The van der Waals surface area contributed by atoms with Crippen molar-refractivity contribution in [1.29, 1.82) is 0 Å². The highest BCUT2D eigenvalue weighted by molar-refractivity contribution is 5.62. The van der Waals surface area contributed by atoms with Crippen molar-refractivity contribution in [2.45, 2.75) is 26.2 Å². The van der Waals surface area contributed by atoms with E-state index in [-0.39, 0.29) is 0 Å². The molecule has 1 aliphatic carbocycles. The first-order valence-corrected chi connectivity index (χ1v) is 6.56. The van der Waals surface area contributed by atoms with E-state index in [1.54, 1.807) is 0 Å². The molecule has 0 spiro atoms.